The van der Waals surface area contributed by atoms with E-state index in [2.05, 4.69) is 0 Å². The van der Waals surface area contributed by atoms with Gasteiger partial charge in [-0.3, -0.25) is 9.59 Å². The lowest BCUT2D eigenvalue weighted by Gasteiger charge is -2.32. The van der Waals surface area contributed by atoms with Crippen LogP contribution in [-0.4, -0.2) is 61.0 Å². The van der Waals surface area contributed by atoms with E-state index < -0.39 is 0 Å². The molecule has 1 aromatic carbocycles. The van der Waals surface area contributed by atoms with Gasteiger partial charge in [0.25, 0.3) is 5.91 Å². The molecule has 0 atom stereocenters. The van der Waals surface area contributed by atoms with Crippen molar-refractivity contribution in [3.8, 4) is 0 Å². The van der Waals surface area contributed by atoms with Gasteiger partial charge in [0.2, 0.25) is 5.91 Å². The number of amides is 2. The third-order valence-corrected chi connectivity index (χ3v) is 3.99. The average Bonchev–Trinajstić information content (AvgIpc) is 2.51. The normalized spacial score (nSPS) is 18.6. The molecule has 1 saturated heterocycles. The lowest BCUT2D eigenvalue weighted by Crippen LogP contribution is -2.48. The fourth-order valence-electron chi connectivity index (χ4n) is 2.77. The molecule has 21 heavy (non-hydrogen) atoms. The zero-order valence-electron chi connectivity index (χ0n) is 11.9. The molecule has 0 radical (unpaired) electrons. The lowest BCUT2D eigenvalue weighted by molar-refractivity contribution is -0.136. The van der Waals surface area contributed by atoms with Crippen molar-refractivity contribution < 1.29 is 14.3 Å². The molecular weight excluding hydrogens is 270 g/mol. The summed E-state index contributed by atoms with van der Waals surface area (Å²) in [5.74, 6) is -0.121. The number of ether oxygens (including phenoxy) is 1. The molecule has 0 aliphatic carbocycles. The number of anilines is 1. The van der Waals surface area contributed by atoms with Crippen molar-refractivity contribution in [3.05, 3.63) is 29.3 Å². The fourth-order valence-corrected chi connectivity index (χ4v) is 2.77. The van der Waals surface area contributed by atoms with Gasteiger partial charge in [0.05, 0.1) is 13.2 Å². The van der Waals surface area contributed by atoms with Gasteiger partial charge < -0.3 is 20.3 Å². The second-order valence-corrected chi connectivity index (χ2v) is 5.39. The molecule has 0 saturated carbocycles. The van der Waals surface area contributed by atoms with E-state index in [0.717, 1.165) is 12.0 Å². The van der Waals surface area contributed by atoms with Gasteiger partial charge in [-0.15, -0.1) is 0 Å². The predicted octanol–water partition coefficient (Wildman–Crippen LogP) is 0.126. The summed E-state index contributed by atoms with van der Waals surface area (Å²) < 4.78 is 5.23. The van der Waals surface area contributed by atoms with Gasteiger partial charge >= 0.3 is 0 Å². The Morgan fingerprint density at radius 1 is 1.24 bits per heavy atom. The zero-order valence-corrected chi connectivity index (χ0v) is 11.9. The van der Waals surface area contributed by atoms with Crippen LogP contribution in [0.2, 0.25) is 0 Å². The Morgan fingerprint density at radius 2 is 2.00 bits per heavy atom. The molecule has 1 fully saturated rings. The molecule has 0 spiro atoms. The minimum Gasteiger partial charge on any atom is -0.399 e. The number of benzene rings is 1. The average molecular weight is 289 g/mol. The molecule has 1 aromatic rings. The van der Waals surface area contributed by atoms with Crippen LogP contribution in [0.3, 0.4) is 0 Å². The minimum absolute atomic E-state index is 0.0148. The summed E-state index contributed by atoms with van der Waals surface area (Å²) in [6.07, 6.45) is 0.762. The first-order chi connectivity index (χ1) is 10.1. The van der Waals surface area contributed by atoms with Gasteiger partial charge in [-0.05, 0) is 24.1 Å². The fraction of sp³-hybridized carbons (Fsp3) is 0.467. The topological polar surface area (TPSA) is 75.9 Å². The largest absolute Gasteiger partial charge is 0.399 e. The number of nitrogens with two attached hydrogens (primary N) is 1. The van der Waals surface area contributed by atoms with Crippen LogP contribution in [0, 0.1) is 0 Å². The molecule has 2 N–H and O–H groups in total. The third kappa shape index (κ3) is 2.85. The maximum Gasteiger partial charge on any atom is 0.254 e. The van der Waals surface area contributed by atoms with Crippen LogP contribution in [0.25, 0.3) is 0 Å². The smallest absolute Gasteiger partial charge is 0.254 e. The summed E-state index contributed by atoms with van der Waals surface area (Å²) in [6.45, 7) is 3.05. The van der Waals surface area contributed by atoms with Crippen molar-refractivity contribution in [2.75, 3.05) is 45.1 Å². The van der Waals surface area contributed by atoms with Gasteiger partial charge in [-0.25, -0.2) is 0 Å². The summed E-state index contributed by atoms with van der Waals surface area (Å²) in [5.41, 5.74) is 7.95. The third-order valence-electron chi connectivity index (χ3n) is 3.99. The van der Waals surface area contributed by atoms with Crippen molar-refractivity contribution in [2.45, 2.75) is 6.42 Å². The number of rotatable bonds is 2. The number of carbonyl (C=O) groups excluding carboxylic acids is 2. The first-order valence-corrected chi connectivity index (χ1v) is 7.18. The number of nitrogen functional groups attached to an aromatic ring is 1. The molecule has 6 heteroatoms. The maximum atomic E-state index is 12.5. The second-order valence-electron chi connectivity index (χ2n) is 5.39. The zero-order chi connectivity index (χ0) is 14.8. The van der Waals surface area contributed by atoms with Crippen LogP contribution >= 0.6 is 0 Å². The number of hydrogen-bond acceptors (Lipinski definition) is 4. The molecule has 2 aliphatic rings. The van der Waals surface area contributed by atoms with Crippen molar-refractivity contribution in [2.24, 2.45) is 0 Å². The summed E-state index contributed by atoms with van der Waals surface area (Å²) in [7, 11) is 0. The highest BCUT2D eigenvalue weighted by molar-refractivity contribution is 5.99. The minimum atomic E-state index is -0.106. The Bertz CT molecular complexity index is 567. The Labute approximate surface area is 123 Å². The van der Waals surface area contributed by atoms with Gasteiger partial charge in [-0.1, -0.05) is 6.07 Å². The Hall–Kier alpha value is -2.08. The van der Waals surface area contributed by atoms with Crippen LogP contribution in [0.15, 0.2) is 18.2 Å². The molecule has 2 aliphatic heterocycles. The van der Waals surface area contributed by atoms with Crippen LogP contribution in [-0.2, 0) is 16.0 Å². The molecular formula is C15H19N3O3. The number of carbonyl (C=O) groups is 2. The van der Waals surface area contributed by atoms with Crippen LogP contribution in [0.5, 0.6) is 0 Å². The molecule has 0 aromatic heterocycles. The van der Waals surface area contributed by atoms with Gasteiger partial charge in [-0.2, -0.15) is 0 Å². The highest BCUT2D eigenvalue weighted by Gasteiger charge is 2.28. The molecule has 2 amide bonds. The van der Waals surface area contributed by atoms with E-state index in [0.29, 0.717) is 44.1 Å². The Morgan fingerprint density at radius 3 is 2.76 bits per heavy atom. The number of morpholine rings is 1. The Kier molecular flexibility index (Phi) is 3.79. The van der Waals surface area contributed by atoms with Crippen molar-refractivity contribution in [1.82, 2.24) is 9.80 Å². The van der Waals surface area contributed by atoms with Crippen LogP contribution in [0.1, 0.15) is 15.9 Å². The highest BCUT2D eigenvalue weighted by atomic mass is 16.5. The van der Waals surface area contributed by atoms with E-state index in [1.165, 1.54) is 0 Å². The van der Waals surface area contributed by atoms with E-state index >= 15 is 0 Å². The maximum absolute atomic E-state index is 12.5. The number of fused-ring (bicyclic) bond motifs is 1. The summed E-state index contributed by atoms with van der Waals surface area (Å²) >= 11 is 0. The van der Waals surface area contributed by atoms with E-state index in [-0.39, 0.29) is 18.4 Å². The Balaban J connectivity index is 1.70. The monoisotopic (exact) mass is 289 g/mol. The number of hydrogen-bond donors (Lipinski definition) is 1. The molecule has 0 unspecified atom stereocenters. The van der Waals surface area contributed by atoms with E-state index in [1.807, 2.05) is 6.07 Å². The molecule has 0 bridgehead atoms. The van der Waals surface area contributed by atoms with Gasteiger partial charge in [0.15, 0.2) is 0 Å². The predicted molar refractivity (Wildman–Crippen MR) is 77.9 cm³/mol. The van der Waals surface area contributed by atoms with E-state index in [9.17, 15) is 9.59 Å². The van der Waals surface area contributed by atoms with Crippen LogP contribution in [0.4, 0.5) is 5.69 Å². The van der Waals surface area contributed by atoms with Crippen LogP contribution < -0.4 is 5.73 Å². The molecule has 2 heterocycles. The van der Waals surface area contributed by atoms with E-state index in [1.54, 1.807) is 21.9 Å². The highest BCUT2D eigenvalue weighted by Crippen LogP contribution is 2.21. The summed E-state index contributed by atoms with van der Waals surface area (Å²) in [4.78, 5) is 28.1. The first kappa shape index (κ1) is 13.9. The van der Waals surface area contributed by atoms with Gasteiger partial charge in [0, 0.05) is 30.9 Å². The summed E-state index contributed by atoms with van der Waals surface area (Å²) in [6, 6.07) is 5.40. The molecule has 6 nitrogen and oxygen atoms in total. The number of nitrogens with zero attached hydrogens (tertiary/aromatic N) is 2. The standard InChI is InChI=1S/C15H19N3O3/c16-12-2-1-11-3-4-18(15(20)13(11)9-12)10-14(19)17-5-7-21-8-6-17/h1-2,9H,3-8,10,16H2. The van der Waals surface area contributed by atoms with Crippen molar-refractivity contribution >= 4 is 17.5 Å². The lowest BCUT2D eigenvalue weighted by atomic mass is 9.98. The first-order valence-electron chi connectivity index (χ1n) is 7.18. The molecule has 3 rings (SSSR count). The van der Waals surface area contributed by atoms with Crippen molar-refractivity contribution in [3.63, 3.8) is 0 Å². The quantitative estimate of drug-likeness (QED) is 0.785. The molecule has 112 valence electrons. The summed E-state index contributed by atoms with van der Waals surface area (Å²) in [5, 5.41) is 0. The van der Waals surface area contributed by atoms with E-state index in [4.69, 9.17) is 10.5 Å². The SMILES string of the molecule is Nc1ccc2c(c1)C(=O)N(CC(=O)N1CCOCC1)CC2. The van der Waals surface area contributed by atoms with Crippen molar-refractivity contribution in [1.29, 1.82) is 0 Å². The van der Waals surface area contributed by atoms with Gasteiger partial charge in [0.1, 0.15) is 6.54 Å². The second kappa shape index (κ2) is 5.73.